The Morgan fingerprint density at radius 1 is 1.52 bits per heavy atom. The third kappa shape index (κ3) is 3.43. The zero-order valence-corrected chi connectivity index (χ0v) is 11.4. The molecule has 0 bridgehead atoms. The van der Waals surface area contributed by atoms with Crippen molar-refractivity contribution in [3.05, 3.63) is 22.7 Å². The van der Waals surface area contributed by atoms with E-state index >= 15 is 0 Å². The Bertz CT molecular complexity index is 649. The first-order chi connectivity index (χ1) is 10.6. The summed E-state index contributed by atoms with van der Waals surface area (Å²) in [5, 5.41) is 20.6. The van der Waals surface area contributed by atoms with Crippen molar-refractivity contribution in [3.63, 3.8) is 0 Å². The molecule has 1 aliphatic rings. The van der Waals surface area contributed by atoms with Gasteiger partial charge in [0.1, 0.15) is 24.1 Å². The summed E-state index contributed by atoms with van der Waals surface area (Å²) in [7, 11) is 0. The lowest BCUT2D eigenvalue weighted by molar-refractivity contribution is -0.175. The minimum absolute atomic E-state index is 0.126. The second kappa shape index (κ2) is 6.14. The molecule has 5 N–H and O–H groups in total. The number of aliphatic hydroxyl groups is 2. The van der Waals surface area contributed by atoms with Crippen molar-refractivity contribution in [3.8, 4) is 0 Å². The summed E-state index contributed by atoms with van der Waals surface area (Å²) in [4.78, 5) is 26.2. The molecule has 4 atom stereocenters. The number of hydrogen-bond acceptors (Lipinski definition) is 7. The summed E-state index contributed by atoms with van der Waals surface area (Å²) in [6.07, 6.45) is -8.54. The molecule has 128 valence electrons. The molecular weight excluding hydrogens is 325 g/mol. The second-order valence-electron chi connectivity index (χ2n) is 4.78. The normalized spacial score (nSPS) is 27.9. The van der Waals surface area contributed by atoms with Crippen molar-refractivity contribution in [2.75, 3.05) is 12.3 Å². The van der Waals surface area contributed by atoms with Crippen LogP contribution in [0.4, 0.5) is 19.0 Å². The van der Waals surface area contributed by atoms with Gasteiger partial charge in [0.2, 0.25) is 0 Å². The number of halogens is 3. The summed E-state index contributed by atoms with van der Waals surface area (Å²) in [6.45, 7) is -0.729. The SMILES string of the molecule is Nc1ccn(C2OC(CO)C(O)C2NC(=O)C(F)(F)F)c(=O)n1. The maximum atomic E-state index is 12.4. The molecule has 1 aromatic rings. The minimum Gasteiger partial charge on any atom is -0.394 e. The molecule has 1 fully saturated rings. The van der Waals surface area contributed by atoms with E-state index in [4.69, 9.17) is 15.6 Å². The van der Waals surface area contributed by atoms with E-state index in [1.807, 2.05) is 0 Å². The molecule has 12 heteroatoms. The lowest BCUT2D eigenvalue weighted by Gasteiger charge is -2.23. The van der Waals surface area contributed by atoms with Crippen molar-refractivity contribution < 1.29 is 32.9 Å². The van der Waals surface area contributed by atoms with E-state index < -0.39 is 48.9 Å². The van der Waals surface area contributed by atoms with Crippen LogP contribution in [-0.2, 0) is 9.53 Å². The van der Waals surface area contributed by atoms with Gasteiger partial charge in [-0.2, -0.15) is 18.2 Å². The number of nitrogen functional groups attached to an aromatic ring is 1. The number of carbonyl (C=O) groups excluding carboxylic acids is 1. The highest BCUT2D eigenvalue weighted by molar-refractivity contribution is 5.82. The Hall–Kier alpha value is -2.18. The van der Waals surface area contributed by atoms with E-state index in [1.54, 1.807) is 5.32 Å². The van der Waals surface area contributed by atoms with Gasteiger partial charge in [0.15, 0.2) is 6.23 Å². The third-order valence-electron chi connectivity index (χ3n) is 3.23. The number of nitrogens with one attached hydrogen (secondary N) is 1. The van der Waals surface area contributed by atoms with E-state index in [2.05, 4.69) is 4.98 Å². The lowest BCUT2D eigenvalue weighted by atomic mass is 10.1. The summed E-state index contributed by atoms with van der Waals surface area (Å²) < 4.78 is 43.1. The fourth-order valence-electron chi connectivity index (χ4n) is 2.14. The average Bonchev–Trinajstić information content (AvgIpc) is 2.75. The van der Waals surface area contributed by atoms with Crippen LogP contribution in [-0.4, -0.2) is 56.7 Å². The molecule has 4 unspecified atom stereocenters. The highest BCUT2D eigenvalue weighted by Crippen LogP contribution is 2.29. The number of aromatic nitrogens is 2. The first-order valence-corrected chi connectivity index (χ1v) is 6.32. The monoisotopic (exact) mass is 338 g/mol. The predicted molar refractivity (Wildman–Crippen MR) is 67.9 cm³/mol. The van der Waals surface area contributed by atoms with Gasteiger partial charge in [-0.3, -0.25) is 9.36 Å². The fraction of sp³-hybridized carbons (Fsp3) is 0.545. The van der Waals surface area contributed by atoms with E-state index in [-0.39, 0.29) is 5.82 Å². The number of carbonyl (C=O) groups is 1. The Balaban J connectivity index is 2.35. The highest BCUT2D eigenvalue weighted by Gasteiger charge is 2.49. The maximum Gasteiger partial charge on any atom is 0.471 e. The van der Waals surface area contributed by atoms with Gasteiger partial charge in [-0.15, -0.1) is 0 Å². The van der Waals surface area contributed by atoms with Crippen LogP contribution >= 0.6 is 0 Å². The summed E-state index contributed by atoms with van der Waals surface area (Å²) >= 11 is 0. The van der Waals surface area contributed by atoms with Gasteiger partial charge >= 0.3 is 17.8 Å². The quantitative estimate of drug-likeness (QED) is 0.506. The van der Waals surface area contributed by atoms with Crippen LogP contribution in [0.2, 0.25) is 0 Å². The number of anilines is 1. The second-order valence-corrected chi connectivity index (χ2v) is 4.78. The molecule has 1 amide bonds. The van der Waals surface area contributed by atoms with E-state index in [0.29, 0.717) is 0 Å². The first kappa shape index (κ1) is 17.2. The van der Waals surface area contributed by atoms with Crippen LogP contribution in [0, 0.1) is 0 Å². The summed E-state index contributed by atoms with van der Waals surface area (Å²) in [5.74, 6) is -2.44. The molecule has 0 aromatic carbocycles. The molecule has 0 spiro atoms. The van der Waals surface area contributed by atoms with Crippen LogP contribution < -0.4 is 16.7 Å². The minimum atomic E-state index is -5.19. The van der Waals surface area contributed by atoms with Gasteiger partial charge in [0.05, 0.1) is 6.61 Å². The van der Waals surface area contributed by atoms with Crippen molar-refractivity contribution in [2.24, 2.45) is 0 Å². The van der Waals surface area contributed by atoms with Crippen molar-refractivity contribution in [1.29, 1.82) is 0 Å². The number of nitrogens with zero attached hydrogens (tertiary/aromatic N) is 2. The molecule has 23 heavy (non-hydrogen) atoms. The smallest absolute Gasteiger partial charge is 0.394 e. The molecule has 1 saturated heterocycles. The number of amides is 1. The number of rotatable bonds is 3. The van der Waals surface area contributed by atoms with Gasteiger partial charge in [-0.25, -0.2) is 4.79 Å². The molecular formula is C11H13F3N4O5. The zero-order chi connectivity index (χ0) is 17.4. The summed E-state index contributed by atoms with van der Waals surface area (Å²) in [6, 6.07) is -0.434. The van der Waals surface area contributed by atoms with Gasteiger partial charge < -0.3 is 26.0 Å². The Morgan fingerprint density at radius 2 is 2.17 bits per heavy atom. The molecule has 9 nitrogen and oxygen atoms in total. The molecule has 0 aliphatic carbocycles. The standard InChI is InChI=1S/C11H13F3N4O5/c12-11(13,14)9(21)17-6-7(20)4(3-19)23-8(6)18-2-1-5(15)16-10(18)22/h1-2,4,6-8,19-20H,3H2,(H,17,21)(H2,15,16,22). The van der Waals surface area contributed by atoms with E-state index in [9.17, 15) is 27.9 Å². The topological polar surface area (TPSA) is 140 Å². The van der Waals surface area contributed by atoms with Crippen molar-refractivity contribution in [2.45, 2.75) is 30.7 Å². The lowest BCUT2D eigenvalue weighted by Crippen LogP contribution is -2.51. The number of ether oxygens (including phenoxy) is 1. The van der Waals surface area contributed by atoms with Crippen LogP contribution in [0.5, 0.6) is 0 Å². The van der Waals surface area contributed by atoms with Gasteiger partial charge in [-0.1, -0.05) is 0 Å². The molecule has 0 radical (unpaired) electrons. The molecule has 0 saturated carbocycles. The average molecular weight is 338 g/mol. The van der Waals surface area contributed by atoms with Crippen LogP contribution in [0.25, 0.3) is 0 Å². The molecule has 1 aromatic heterocycles. The zero-order valence-electron chi connectivity index (χ0n) is 11.4. The fourth-order valence-corrected chi connectivity index (χ4v) is 2.14. The Morgan fingerprint density at radius 3 is 2.70 bits per heavy atom. The van der Waals surface area contributed by atoms with Crippen LogP contribution in [0.3, 0.4) is 0 Å². The molecule has 2 rings (SSSR count). The van der Waals surface area contributed by atoms with Crippen molar-refractivity contribution in [1.82, 2.24) is 14.9 Å². The number of alkyl halides is 3. The van der Waals surface area contributed by atoms with Gasteiger partial charge in [0, 0.05) is 6.20 Å². The number of aliphatic hydroxyl groups excluding tert-OH is 2. The summed E-state index contributed by atoms with van der Waals surface area (Å²) in [5.41, 5.74) is 4.35. The maximum absolute atomic E-state index is 12.4. The van der Waals surface area contributed by atoms with E-state index in [0.717, 1.165) is 10.8 Å². The predicted octanol–water partition coefficient (Wildman–Crippen LogP) is -1.88. The highest BCUT2D eigenvalue weighted by atomic mass is 19.4. The third-order valence-corrected chi connectivity index (χ3v) is 3.23. The molecule has 2 heterocycles. The van der Waals surface area contributed by atoms with E-state index in [1.165, 1.54) is 6.07 Å². The number of nitrogens with two attached hydrogens (primary N) is 1. The van der Waals surface area contributed by atoms with Gasteiger partial charge in [0.25, 0.3) is 0 Å². The number of hydrogen-bond donors (Lipinski definition) is 4. The van der Waals surface area contributed by atoms with Crippen LogP contribution in [0.15, 0.2) is 17.1 Å². The van der Waals surface area contributed by atoms with Gasteiger partial charge in [-0.05, 0) is 6.07 Å². The largest absolute Gasteiger partial charge is 0.471 e. The van der Waals surface area contributed by atoms with Crippen molar-refractivity contribution >= 4 is 11.7 Å². The molecule has 1 aliphatic heterocycles. The first-order valence-electron chi connectivity index (χ1n) is 6.32. The van der Waals surface area contributed by atoms with Crippen LogP contribution in [0.1, 0.15) is 6.23 Å². The Labute approximate surface area is 126 Å². The Kier molecular flexibility index (Phi) is 4.58.